The van der Waals surface area contributed by atoms with Crippen LogP contribution in [-0.4, -0.2) is 25.2 Å². The largest absolute Gasteiger partial charge is 0.466 e. The highest BCUT2D eigenvalue weighted by atomic mass is 16.5. The fraction of sp³-hybridized carbons (Fsp3) is 0.962. The van der Waals surface area contributed by atoms with Gasteiger partial charge in [0.25, 0.3) is 0 Å². The quantitative estimate of drug-likeness (QED) is 0.0455. The summed E-state index contributed by atoms with van der Waals surface area (Å²) in [5.74, 6) is 0.0156. The second-order valence-electron chi connectivity index (χ2n) is 17.8. The first-order chi connectivity index (χ1) is 27.7. The van der Waals surface area contributed by atoms with Crippen LogP contribution < -0.4 is 0 Å². The molecule has 0 aromatic carbocycles. The zero-order chi connectivity index (χ0) is 40.5. The molecule has 0 aliphatic carbocycles. The molecule has 0 aliphatic rings. The summed E-state index contributed by atoms with van der Waals surface area (Å²) in [5, 5.41) is 0. The van der Waals surface area contributed by atoms with E-state index in [0.717, 1.165) is 38.5 Å². The molecule has 4 nitrogen and oxygen atoms in total. The summed E-state index contributed by atoms with van der Waals surface area (Å²) in [6.45, 7) is 5.81. The maximum absolute atomic E-state index is 12.0. The second kappa shape index (κ2) is 50.1. The van der Waals surface area contributed by atoms with Crippen LogP contribution in [0.1, 0.15) is 309 Å². The van der Waals surface area contributed by atoms with Gasteiger partial charge in [0, 0.05) is 12.8 Å². The predicted molar refractivity (Wildman–Crippen MR) is 246 cm³/mol. The smallest absolute Gasteiger partial charge is 0.305 e. The summed E-state index contributed by atoms with van der Waals surface area (Å²) in [6.07, 6.45) is 59.5. The number of hydrogen-bond donors (Lipinski definition) is 0. The monoisotopic (exact) mass is 791 g/mol. The van der Waals surface area contributed by atoms with E-state index in [2.05, 4.69) is 13.8 Å². The van der Waals surface area contributed by atoms with Crippen LogP contribution in [0.3, 0.4) is 0 Å². The number of ether oxygens (including phenoxy) is 2. The highest BCUT2D eigenvalue weighted by molar-refractivity contribution is 5.69. The van der Waals surface area contributed by atoms with Gasteiger partial charge in [0.05, 0.1) is 13.2 Å². The molecule has 0 bridgehead atoms. The Morgan fingerprint density at radius 1 is 0.232 bits per heavy atom. The van der Waals surface area contributed by atoms with E-state index in [9.17, 15) is 9.59 Å². The lowest BCUT2D eigenvalue weighted by atomic mass is 10.0. The van der Waals surface area contributed by atoms with Gasteiger partial charge in [-0.25, -0.2) is 0 Å². The summed E-state index contributed by atoms with van der Waals surface area (Å²) in [7, 11) is 0. The molecule has 0 fully saturated rings. The summed E-state index contributed by atoms with van der Waals surface area (Å²) < 4.78 is 10.9. The van der Waals surface area contributed by atoms with Crippen molar-refractivity contribution >= 4 is 11.9 Å². The molecule has 0 unspecified atom stereocenters. The van der Waals surface area contributed by atoms with Crippen molar-refractivity contribution in [2.75, 3.05) is 13.2 Å². The van der Waals surface area contributed by atoms with E-state index in [4.69, 9.17) is 9.47 Å². The molecule has 0 rings (SSSR count). The minimum absolute atomic E-state index is 0.00780. The standard InChI is InChI=1S/C52H102O4/c1-3-5-7-9-11-13-15-17-19-21-25-29-33-37-41-45-49-55-51(53)47-43-39-35-31-27-23-24-28-32-36-40-44-48-52(54)56-50-46-42-38-34-30-26-22-20-18-16-14-12-10-8-6-4-2/h3-50H2,1-2H3. The number of carbonyl (C=O) groups excluding carboxylic acids is 2. The first-order valence-electron chi connectivity index (χ1n) is 26.0. The van der Waals surface area contributed by atoms with Crippen molar-refractivity contribution in [2.24, 2.45) is 0 Å². The molecule has 334 valence electrons. The van der Waals surface area contributed by atoms with Crippen LogP contribution in [0.4, 0.5) is 0 Å². The second-order valence-corrected chi connectivity index (χ2v) is 17.8. The van der Waals surface area contributed by atoms with Crippen molar-refractivity contribution in [1.29, 1.82) is 0 Å². The summed E-state index contributed by atoms with van der Waals surface area (Å²) in [4.78, 5) is 24.1. The van der Waals surface area contributed by atoms with E-state index in [1.807, 2.05) is 0 Å². The molecule has 0 radical (unpaired) electrons. The fourth-order valence-corrected chi connectivity index (χ4v) is 8.12. The molecular formula is C52H102O4. The molecule has 4 heteroatoms. The van der Waals surface area contributed by atoms with Crippen LogP contribution in [0, 0.1) is 0 Å². The number of rotatable bonds is 49. The van der Waals surface area contributed by atoms with E-state index in [1.165, 1.54) is 244 Å². The predicted octanol–water partition coefficient (Wildman–Crippen LogP) is 18.1. The Hall–Kier alpha value is -1.06. The fourth-order valence-electron chi connectivity index (χ4n) is 8.12. The molecule has 0 saturated heterocycles. The van der Waals surface area contributed by atoms with Crippen LogP contribution in [-0.2, 0) is 19.1 Å². The number of unbranched alkanes of at least 4 members (excludes halogenated alkanes) is 41. The Kier molecular flexibility index (Phi) is 49.1. The third-order valence-corrected chi connectivity index (χ3v) is 12.0. The molecule has 0 amide bonds. The summed E-state index contributed by atoms with van der Waals surface area (Å²) in [5.41, 5.74) is 0. The Morgan fingerprint density at radius 3 is 0.589 bits per heavy atom. The van der Waals surface area contributed by atoms with Crippen molar-refractivity contribution in [3.63, 3.8) is 0 Å². The zero-order valence-electron chi connectivity index (χ0n) is 38.6. The van der Waals surface area contributed by atoms with Gasteiger partial charge in [0.15, 0.2) is 0 Å². The molecule has 0 saturated carbocycles. The van der Waals surface area contributed by atoms with Crippen LogP contribution in [0.5, 0.6) is 0 Å². The topological polar surface area (TPSA) is 52.6 Å². The van der Waals surface area contributed by atoms with Gasteiger partial charge in [-0.1, -0.05) is 271 Å². The number of esters is 2. The maximum atomic E-state index is 12.0. The van der Waals surface area contributed by atoms with Crippen molar-refractivity contribution in [3.8, 4) is 0 Å². The highest BCUT2D eigenvalue weighted by Crippen LogP contribution is 2.17. The van der Waals surface area contributed by atoms with Crippen molar-refractivity contribution in [2.45, 2.75) is 309 Å². The molecule has 0 atom stereocenters. The SMILES string of the molecule is CCCCCCCCCCCCCCCCCCOC(=O)CCCCCCCCCCCCCCC(=O)OCCCCCCCCCCCCCCCCCC. The highest BCUT2D eigenvalue weighted by Gasteiger charge is 2.04. The average Bonchev–Trinajstić information content (AvgIpc) is 3.20. The lowest BCUT2D eigenvalue weighted by molar-refractivity contribution is -0.144. The first-order valence-corrected chi connectivity index (χ1v) is 26.0. The molecule has 0 aromatic rings. The van der Waals surface area contributed by atoms with Gasteiger partial charge < -0.3 is 9.47 Å². The van der Waals surface area contributed by atoms with Gasteiger partial charge in [-0.15, -0.1) is 0 Å². The third-order valence-electron chi connectivity index (χ3n) is 12.0. The van der Waals surface area contributed by atoms with Crippen molar-refractivity contribution in [3.05, 3.63) is 0 Å². The van der Waals surface area contributed by atoms with E-state index in [0.29, 0.717) is 26.1 Å². The van der Waals surface area contributed by atoms with Gasteiger partial charge in [-0.05, 0) is 25.7 Å². The minimum Gasteiger partial charge on any atom is -0.466 e. The summed E-state index contributed by atoms with van der Waals surface area (Å²) >= 11 is 0. The number of carbonyl (C=O) groups is 2. The van der Waals surface area contributed by atoms with Gasteiger partial charge in [0.1, 0.15) is 0 Å². The van der Waals surface area contributed by atoms with Gasteiger partial charge in [-0.2, -0.15) is 0 Å². The third kappa shape index (κ3) is 49.1. The van der Waals surface area contributed by atoms with Crippen LogP contribution in [0.2, 0.25) is 0 Å². The Bertz CT molecular complexity index is 689. The maximum Gasteiger partial charge on any atom is 0.305 e. The Morgan fingerprint density at radius 2 is 0.393 bits per heavy atom. The molecule has 0 heterocycles. The summed E-state index contributed by atoms with van der Waals surface area (Å²) in [6, 6.07) is 0. The Balaban J connectivity index is 3.21. The van der Waals surface area contributed by atoms with Gasteiger partial charge in [0.2, 0.25) is 0 Å². The molecule has 0 aromatic heterocycles. The zero-order valence-corrected chi connectivity index (χ0v) is 38.6. The number of hydrogen-bond acceptors (Lipinski definition) is 4. The molecular weight excluding hydrogens is 689 g/mol. The van der Waals surface area contributed by atoms with Crippen LogP contribution in [0.25, 0.3) is 0 Å². The van der Waals surface area contributed by atoms with E-state index in [-0.39, 0.29) is 11.9 Å². The van der Waals surface area contributed by atoms with Gasteiger partial charge in [-0.3, -0.25) is 9.59 Å². The first kappa shape index (κ1) is 54.9. The van der Waals surface area contributed by atoms with Crippen LogP contribution in [0.15, 0.2) is 0 Å². The average molecular weight is 791 g/mol. The minimum atomic E-state index is 0.00780. The molecule has 56 heavy (non-hydrogen) atoms. The molecule has 0 spiro atoms. The normalized spacial score (nSPS) is 11.4. The van der Waals surface area contributed by atoms with E-state index >= 15 is 0 Å². The van der Waals surface area contributed by atoms with Crippen molar-refractivity contribution < 1.29 is 19.1 Å². The lowest BCUT2D eigenvalue weighted by Crippen LogP contribution is -2.05. The Labute approximate surface area is 352 Å². The van der Waals surface area contributed by atoms with Gasteiger partial charge >= 0.3 is 11.9 Å². The van der Waals surface area contributed by atoms with E-state index in [1.54, 1.807) is 0 Å². The lowest BCUT2D eigenvalue weighted by Gasteiger charge is -2.06. The van der Waals surface area contributed by atoms with E-state index < -0.39 is 0 Å². The molecule has 0 N–H and O–H groups in total. The van der Waals surface area contributed by atoms with Crippen LogP contribution >= 0.6 is 0 Å². The van der Waals surface area contributed by atoms with Crippen molar-refractivity contribution in [1.82, 2.24) is 0 Å². The molecule has 0 aliphatic heterocycles.